The largest absolute Gasteiger partial charge is 0.376 e. The lowest BCUT2D eigenvalue weighted by molar-refractivity contribution is -0.119. The van der Waals surface area contributed by atoms with Crippen molar-refractivity contribution in [2.75, 3.05) is 18.9 Å². The number of carbonyl (C=O) groups excluding carboxylic acids is 1. The quantitative estimate of drug-likeness (QED) is 0.805. The van der Waals surface area contributed by atoms with Gasteiger partial charge in [-0.15, -0.1) is 10.2 Å². The van der Waals surface area contributed by atoms with Crippen molar-refractivity contribution in [2.45, 2.75) is 37.8 Å². The molecule has 2 aromatic rings. The number of thioether (sulfide) groups is 1. The third kappa shape index (κ3) is 5.03. The number of carbonyl (C=O) groups is 1. The fourth-order valence-corrected chi connectivity index (χ4v) is 3.51. The average molecular weight is 357 g/mol. The number of nitrogens with zero attached hydrogens (tertiary/aromatic N) is 2. The predicted octanol–water partition coefficient (Wildman–Crippen LogP) is 3.15. The lowest BCUT2D eigenvalue weighted by atomic mass is 10.0. The lowest BCUT2D eigenvalue weighted by Gasteiger charge is -2.10. The molecule has 25 heavy (non-hydrogen) atoms. The van der Waals surface area contributed by atoms with Crippen LogP contribution in [0.4, 0.5) is 0 Å². The van der Waals surface area contributed by atoms with Gasteiger partial charge in [-0.25, -0.2) is 0 Å². The van der Waals surface area contributed by atoms with Crippen LogP contribution in [0.25, 0.3) is 11.3 Å². The molecule has 2 heterocycles. The first kappa shape index (κ1) is 17.9. The second-order valence-corrected chi connectivity index (χ2v) is 7.30. The minimum Gasteiger partial charge on any atom is -0.376 e. The molecule has 1 saturated heterocycles. The number of aryl methyl sites for hydroxylation is 2. The first-order valence-corrected chi connectivity index (χ1v) is 9.53. The molecule has 132 valence electrons. The Balaban J connectivity index is 1.51. The zero-order valence-corrected chi connectivity index (χ0v) is 15.4. The zero-order valence-electron chi connectivity index (χ0n) is 14.6. The molecule has 0 saturated carbocycles. The molecule has 0 unspecified atom stereocenters. The number of benzene rings is 1. The maximum atomic E-state index is 11.9. The molecule has 1 fully saturated rings. The van der Waals surface area contributed by atoms with E-state index in [9.17, 15) is 4.79 Å². The molecule has 5 nitrogen and oxygen atoms in total. The Morgan fingerprint density at radius 1 is 1.28 bits per heavy atom. The molecule has 0 bridgehead atoms. The molecule has 1 amide bonds. The molecule has 1 aromatic carbocycles. The van der Waals surface area contributed by atoms with Crippen LogP contribution in [0, 0.1) is 13.8 Å². The van der Waals surface area contributed by atoms with E-state index in [1.54, 1.807) is 0 Å². The summed E-state index contributed by atoms with van der Waals surface area (Å²) in [5.41, 5.74) is 4.35. The number of hydrogen-bond acceptors (Lipinski definition) is 5. The maximum Gasteiger partial charge on any atom is 0.230 e. The lowest BCUT2D eigenvalue weighted by Crippen LogP contribution is -2.32. The van der Waals surface area contributed by atoms with Gasteiger partial charge in [-0.1, -0.05) is 35.5 Å². The number of nitrogens with one attached hydrogen (secondary N) is 1. The van der Waals surface area contributed by atoms with Gasteiger partial charge in [0.1, 0.15) is 5.03 Å². The van der Waals surface area contributed by atoms with Gasteiger partial charge in [0.25, 0.3) is 0 Å². The number of hydrogen-bond donors (Lipinski definition) is 1. The highest BCUT2D eigenvalue weighted by Gasteiger charge is 2.16. The summed E-state index contributed by atoms with van der Waals surface area (Å²) >= 11 is 1.40. The van der Waals surface area contributed by atoms with E-state index in [-0.39, 0.29) is 12.0 Å². The fraction of sp³-hybridized carbons (Fsp3) is 0.421. The van der Waals surface area contributed by atoms with Gasteiger partial charge in [0.15, 0.2) is 0 Å². The highest BCUT2D eigenvalue weighted by atomic mass is 32.2. The average Bonchev–Trinajstić information content (AvgIpc) is 3.12. The third-order valence-electron chi connectivity index (χ3n) is 4.20. The summed E-state index contributed by atoms with van der Waals surface area (Å²) in [4.78, 5) is 11.9. The second-order valence-electron chi connectivity index (χ2n) is 6.30. The summed E-state index contributed by atoms with van der Waals surface area (Å²) < 4.78 is 5.49. The SMILES string of the molecule is Cc1ccc(-c2ccc(SCC(=O)NC[C@@H]3CCCO3)nn2)c(C)c1. The van der Waals surface area contributed by atoms with Gasteiger partial charge < -0.3 is 10.1 Å². The van der Waals surface area contributed by atoms with Crippen LogP contribution in [-0.4, -0.2) is 41.1 Å². The Morgan fingerprint density at radius 3 is 2.84 bits per heavy atom. The zero-order chi connectivity index (χ0) is 17.6. The molecule has 0 spiro atoms. The molecule has 0 radical (unpaired) electrons. The second kappa shape index (κ2) is 8.45. The molecular weight excluding hydrogens is 334 g/mol. The first-order valence-electron chi connectivity index (χ1n) is 8.54. The van der Waals surface area contributed by atoms with E-state index in [1.807, 2.05) is 12.1 Å². The minimum atomic E-state index is 0.000700. The van der Waals surface area contributed by atoms with Crippen molar-refractivity contribution in [1.82, 2.24) is 15.5 Å². The molecule has 1 aliphatic rings. The van der Waals surface area contributed by atoms with Crippen molar-refractivity contribution in [3.05, 3.63) is 41.5 Å². The summed E-state index contributed by atoms with van der Waals surface area (Å²) in [6.45, 7) is 5.55. The number of amides is 1. The number of aromatic nitrogens is 2. The van der Waals surface area contributed by atoms with Crippen molar-refractivity contribution in [2.24, 2.45) is 0 Å². The predicted molar refractivity (Wildman–Crippen MR) is 99.6 cm³/mol. The molecule has 3 rings (SSSR count). The van der Waals surface area contributed by atoms with Gasteiger partial charge in [-0.2, -0.15) is 0 Å². The van der Waals surface area contributed by atoms with E-state index in [2.05, 4.69) is 47.6 Å². The van der Waals surface area contributed by atoms with E-state index in [0.29, 0.717) is 12.3 Å². The number of rotatable bonds is 6. The van der Waals surface area contributed by atoms with Gasteiger partial charge in [0, 0.05) is 18.7 Å². The van der Waals surface area contributed by atoms with Crippen LogP contribution in [0.2, 0.25) is 0 Å². The Morgan fingerprint density at radius 2 is 2.16 bits per heavy atom. The van der Waals surface area contributed by atoms with Crippen LogP contribution in [-0.2, 0) is 9.53 Å². The third-order valence-corrected chi connectivity index (χ3v) is 5.12. The van der Waals surface area contributed by atoms with Crippen LogP contribution in [0.15, 0.2) is 35.4 Å². The summed E-state index contributed by atoms with van der Waals surface area (Å²) in [5.74, 6) is 0.338. The van der Waals surface area contributed by atoms with E-state index in [4.69, 9.17) is 4.74 Å². The van der Waals surface area contributed by atoms with Gasteiger partial charge >= 0.3 is 0 Å². The van der Waals surface area contributed by atoms with Crippen molar-refractivity contribution >= 4 is 17.7 Å². The fourth-order valence-electron chi connectivity index (χ4n) is 2.87. The van der Waals surface area contributed by atoms with Crippen molar-refractivity contribution in [3.8, 4) is 11.3 Å². The monoisotopic (exact) mass is 357 g/mol. The summed E-state index contributed by atoms with van der Waals surface area (Å²) in [5, 5.41) is 12.2. The van der Waals surface area contributed by atoms with Gasteiger partial charge in [0.05, 0.1) is 17.6 Å². The topological polar surface area (TPSA) is 64.1 Å². The smallest absolute Gasteiger partial charge is 0.230 e. The molecule has 1 aromatic heterocycles. The van der Waals surface area contributed by atoms with Crippen LogP contribution in [0.1, 0.15) is 24.0 Å². The molecule has 1 N–H and O–H groups in total. The van der Waals surface area contributed by atoms with Gasteiger partial charge in [0.2, 0.25) is 5.91 Å². The minimum absolute atomic E-state index is 0.000700. The van der Waals surface area contributed by atoms with Crippen LogP contribution < -0.4 is 5.32 Å². The van der Waals surface area contributed by atoms with Crippen LogP contribution in [0.5, 0.6) is 0 Å². The molecule has 6 heteroatoms. The summed E-state index contributed by atoms with van der Waals surface area (Å²) in [6, 6.07) is 10.2. The highest BCUT2D eigenvalue weighted by molar-refractivity contribution is 7.99. The van der Waals surface area contributed by atoms with E-state index < -0.39 is 0 Å². The van der Waals surface area contributed by atoms with Crippen molar-refractivity contribution in [1.29, 1.82) is 0 Å². The van der Waals surface area contributed by atoms with Crippen molar-refractivity contribution in [3.63, 3.8) is 0 Å². The van der Waals surface area contributed by atoms with Crippen LogP contribution >= 0.6 is 11.8 Å². The van der Waals surface area contributed by atoms with E-state index in [1.165, 1.54) is 22.9 Å². The normalized spacial score (nSPS) is 16.8. The highest BCUT2D eigenvalue weighted by Crippen LogP contribution is 2.23. The Kier molecular flexibility index (Phi) is 6.04. The van der Waals surface area contributed by atoms with Gasteiger partial charge in [-0.3, -0.25) is 4.79 Å². The molecular formula is C19H23N3O2S. The molecule has 0 aliphatic carbocycles. The van der Waals surface area contributed by atoms with Crippen LogP contribution in [0.3, 0.4) is 0 Å². The summed E-state index contributed by atoms with van der Waals surface area (Å²) in [7, 11) is 0. The first-order chi connectivity index (χ1) is 12.1. The molecule has 1 atom stereocenters. The standard InChI is InChI=1S/C19H23N3O2S/c1-13-5-6-16(14(2)10-13)17-7-8-19(22-21-17)25-12-18(23)20-11-15-4-3-9-24-15/h5-8,10,15H,3-4,9,11-12H2,1-2H3,(H,20,23)/t15-/m0/s1. The Bertz CT molecular complexity index is 728. The van der Waals surface area contributed by atoms with Gasteiger partial charge in [-0.05, 0) is 44.4 Å². The van der Waals surface area contributed by atoms with E-state index >= 15 is 0 Å². The Labute approximate surface area is 152 Å². The Hall–Kier alpha value is -1.92. The molecule has 1 aliphatic heterocycles. The number of ether oxygens (including phenoxy) is 1. The van der Waals surface area contributed by atoms with Crippen molar-refractivity contribution < 1.29 is 9.53 Å². The maximum absolute atomic E-state index is 11.9. The summed E-state index contributed by atoms with van der Waals surface area (Å²) in [6.07, 6.45) is 2.28. The van der Waals surface area contributed by atoms with E-state index in [0.717, 1.165) is 35.7 Å².